The van der Waals surface area contributed by atoms with Crippen LogP contribution in [0.1, 0.15) is 84.0 Å². The van der Waals surface area contributed by atoms with Crippen molar-refractivity contribution < 1.29 is 9.53 Å². The molecule has 0 aliphatic carbocycles. The van der Waals surface area contributed by atoms with Gasteiger partial charge in [-0.1, -0.05) is 95.8 Å². The van der Waals surface area contributed by atoms with Crippen molar-refractivity contribution in [2.45, 2.75) is 84.0 Å². The first-order valence-corrected chi connectivity index (χ1v) is 10.3. The Balaban J connectivity index is 1.79. The first kappa shape index (κ1) is 21.7. The zero-order valence-electron chi connectivity index (χ0n) is 16.1. The fraction of sp³-hybridized carbons (Fsp3) is 0.682. The van der Waals surface area contributed by atoms with Gasteiger partial charge in [0.1, 0.15) is 6.61 Å². The molecule has 3 nitrogen and oxygen atoms in total. The number of rotatable bonds is 16. The second-order valence-electron chi connectivity index (χ2n) is 6.86. The summed E-state index contributed by atoms with van der Waals surface area (Å²) in [6, 6.07) is 9.50. The number of benzene rings is 1. The van der Waals surface area contributed by atoms with Crippen molar-refractivity contribution in [3.8, 4) is 0 Å². The van der Waals surface area contributed by atoms with Gasteiger partial charge in [-0.25, -0.2) is 0 Å². The maximum Gasteiger partial charge on any atom is 0.250 e. The lowest BCUT2D eigenvalue weighted by atomic mass is 10.1. The number of ether oxygens (including phenoxy) is 1. The molecule has 0 aliphatic rings. The van der Waals surface area contributed by atoms with E-state index in [1.165, 1.54) is 70.6 Å². The average Bonchev–Trinajstić information content (AvgIpc) is 2.63. The molecule has 142 valence electrons. The molecule has 0 bridgehead atoms. The largest absolute Gasteiger partial charge is 0.372 e. The van der Waals surface area contributed by atoms with Gasteiger partial charge in [0, 0.05) is 12.3 Å². The number of amides is 1. The minimum Gasteiger partial charge on any atom is -0.372 e. The number of carbonyl (C=O) groups is 1. The van der Waals surface area contributed by atoms with Crippen LogP contribution in [0.2, 0.25) is 0 Å². The van der Waals surface area contributed by atoms with Crippen LogP contribution in [0.15, 0.2) is 30.3 Å². The molecule has 1 aromatic rings. The SMILES string of the molecule is CCCCCCCCCCCCCCOCC(=O)Nc1ccccc1. The van der Waals surface area contributed by atoms with Crippen molar-refractivity contribution in [3.05, 3.63) is 30.3 Å². The van der Waals surface area contributed by atoms with E-state index in [9.17, 15) is 4.79 Å². The molecule has 0 aliphatic heterocycles. The molecule has 1 aromatic carbocycles. The molecule has 3 heteroatoms. The third-order valence-electron chi connectivity index (χ3n) is 4.43. The Morgan fingerprint density at radius 2 is 1.32 bits per heavy atom. The third-order valence-corrected chi connectivity index (χ3v) is 4.43. The zero-order chi connectivity index (χ0) is 18.0. The Morgan fingerprint density at radius 1 is 0.800 bits per heavy atom. The molecule has 1 N–H and O–H groups in total. The lowest BCUT2D eigenvalue weighted by Gasteiger charge is -2.06. The van der Waals surface area contributed by atoms with E-state index in [4.69, 9.17) is 4.74 Å². The summed E-state index contributed by atoms with van der Waals surface area (Å²) in [7, 11) is 0. The molecule has 1 rings (SSSR count). The Labute approximate surface area is 154 Å². The van der Waals surface area contributed by atoms with Gasteiger partial charge >= 0.3 is 0 Å². The van der Waals surface area contributed by atoms with Crippen molar-refractivity contribution in [1.29, 1.82) is 0 Å². The smallest absolute Gasteiger partial charge is 0.250 e. The summed E-state index contributed by atoms with van der Waals surface area (Å²) >= 11 is 0. The normalized spacial score (nSPS) is 10.8. The average molecular weight is 348 g/mol. The van der Waals surface area contributed by atoms with E-state index in [2.05, 4.69) is 12.2 Å². The van der Waals surface area contributed by atoms with E-state index in [0.717, 1.165) is 12.1 Å². The van der Waals surface area contributed by atoms with E-state index >= 15 is 0 Å². The van der Waals surface area contributed by atoms with Gasteiger partial charge in [-0.05, 0) is 18.6 Å². The summed E-state index contributed by atoms with van der Waals surface area (Å²) < 4.78 is 5.45. The van der Waals surface area contributed by atoms with E-state index in [1.807, 2.05) is 30.3 Å². The predicted molar refractivity (Wildman–Crippen MR) is 107 cm³/mol. The monoisotopic (exact) mass is 347 g/mol. The number of carbonyl (C=O) groups excluding carboxylic acids is 1. The molecule has 0 spiro atoms. The van der Waals surface area contributed by atoms with Gasteiger partial charge in [-0.2, -0.15) is 0 Å². The summed E-state index contributed by atoms with van der Waals surface area (Å²) in [4.78, 5) is 11.7. The van der Waals surface area contributed by atoms with Gasteiger partial charge in [-0.15, -0.1) is 0 Å². The molecule has 0 heterocycles. The molecule has 0 saturated heterocycles. The highest BCUT2D eigenvalue weighted by atomic mass is 16.5. The first-order valence-electron chi connectivity index (χ1n) is 10.3. The fourth-order valence-corrected chi connectivity index (χ4v) is 2.93. The van der Waals surface area contributed by atoms with Gasteiger partial charge in [-0.3, -0.25) is 4.79 Å². The van der Waals surface area contributed by atoms with Crippen LogP contribution in [0.3, 0.4) is 0 Å². The standard InChI is InChI=1S/C22H37NO2/c1-2-3-4-5-6-7-8-9-10-11-12-16-19-25-20-22(24)23-21-17-14-13-15-18-21/h13-15,17-18H,2-12,16,19-20H2,1H3,(H,23,24). The van der Waals surface area contributed by atoms with Gasteiger partial charge < -0.3 is 10.1 Å². The maximum atomic E-state index is 11.7. The molecule has 25 heavy (non-hydrogen) atoms. The Hall–Kier alpha value is -1.35. The zero-order valence-corrected chi connectivity index (χ0v) is 16.1. The topological polar surface area (TPSA) is 38.3 Å². The van der Waals surface area contributed by atoms with E-state index in [-0.39, 0.29) is 12.5 Å². The lowest BCUT2D eigenvalue weighted by molar-refractivity contribution is -0.120. The molecule has 0 unspecified atom stereocenters. The van der Waals surface area contributed by atoms with Crippen LogP contribution in [0, 0.1) is 0 Å². The van der Waals surface area contributed by atoms with Crippen LogP contribution in [-0.2, 0) is 9.53 Å². The van der Waals surface area contributed by atoms with Gasteiger partial charge in [0.2, 0.25) is 5.91 Å². The number of hydrogen-bond acceptors (Lipinski definition) is 2. The first-order chi connectivity index (χ1) is 12.3. The quantitative estimate of drug-likeness (QED) is 0.354. The summed E-state index contributed by atoms with van der Waals surface area (Å²) in [5, 5.41) is 2.82. The molecule has 0 radical (unpaired) electrons. The summed E-state index contributed by atoms with van der Waals surface area (Å²) in [5.41, 5.74) is 0.821. The number of unbranched alkanes of at least 4 members (excludes halogenated alkanes) is 11. The lowest BCUT2D eigenvalue weighted by Crippen LogP contribution is -2.18. The van der Waals surface area contributed by atoms with E-state index in [0.29, 0.717) is 6.61 Å². The van der Waals surface area contributed by atoms with Gasteiger partial charge in [0.15, 0.2) is 0 Å². The summed E-state index contributed by atoms with van der Waals surface area (Å²) in [6.07, 6.45) is 16.0. The Kier molecular flexibility index (Phi) is 14.0. The third kappa shape index (κ3) is 13.6. The molecule has 0 fully saturated rings. The van der Waals surface area contributed by atoms with Crippen molar-refractivity contribution in [2.75, 3.05) is 18.5 Å². The highest BCUT2D eigenvalue weighted by Gasteiger charge is 2.01. The van der Waals surface area contributed by atoms with E-state index in [1.54, 1.807) is 0 Å². The van der Waals surface area contributed by atoms with Crippen LogP contribution in [0.5, 0.6) is 0 Å². The van der Waals surface area contributed by atoms with Gasteiger partial charge in [0.05, 0.1) is 0 Å². The van der Waals surface area contributed by atoms with Crippen LogP contribution in [-0.4, -0.2) is 19.1 Å². The predicted octanol–water partition coefficient (Wildman–Crippen LogP) is 6.34. The highest BCUT2D eigenvalue weighted by Crippen LogP contribution is 2.12. The number of anilines is 1. The van der Waals surface area contributed by atoms with Gasteiger partial charge in [0.25, 0.3) is 0 Å². The second kappa shape index (κ2) is 16.1. The van der Waals surface area contributed by atoms with Crippen LogP contribution in [0.25, 0.3) is 0 Å². The van der Waals surface area contributed by atoms with Crippen LogP contribution in [0.4, 0.5) is 5.69 Å². The van der Waals surface area contributed by atoms with Crippen LogP contribution >= 0.6 is 0 Å². The van der Waals surface area contributed by atoms with Crippen molar-refractivity contribution in [3.63, 3.8) is 0 Å². The summed E-state index contributed by atoms with van der Waals surface area (Å²) in [6.45, 7) is 3.09. The molecule has 0 atom stereocenters. The molecular weight excluding hydrogens is 310 g/mol. The Bertz CT molecular complexity index is 419. The molecule has 0 aromatic heterocycles. The van der Waals surface area contributed by atoms with Crippen molar-refractivity contribution >= 4 is 11.6 Å². The number of para-hydroxylation sites is 1. The maximum absolute atomic E-state index is 11.7. The second-order valence-corrected chi connectivity index (χ2v) is 6.86. The Morgan fingerprint density at radius 3 is 1.88 bits per heavy atom. The number of nitrogens with one attached hydrogen (secondary N) is 1. The van der Waals surface area contributed by atoms with E-state index < -0.39 is 0 Å². The molecular formula is C22H37NO2. The minimum atomic E-state index is -0.0786. The van der Waals surface area contributed by atoms with Crippen molar-refractivity contribution in [2.24, 2.45) is 0 Å². The van der Waals surface area contributed by atoms with Crippen molar-refractivity contribution in [1.82, 2.24) is 0 Å². The highest BCUT2D eigenvalue weighted by molar-refractivity contribution is 5.91. The molecule has 1 amide bonds. The minimum absolute atomic E-state index is 0.0786. The van der Waals surface area contributed by atoms with Crippen LogP contribution < -0.4 is 5.32 Å². The fourth-order valence-electron chi connectivity index (χ4n) is 2.93. The molecule has 0 saturated carbocycles. The summed E-state index contributed by atoms with van der Waals surface area (Å²) in [5.74, 6) is -0.0786. The number of hydrogen-bond donors (Lipinski definition) is 1.